The van der Waals surface area contributed by atoms with Gasteiger partial charge in [-0.25, -0.2) is 4.39 Å². The van der Waals surface area contributed by atoms with Crippen LogP contribution < -0.4 is 4.74 Å². The maximum Gasteiger partial charge on any atom is 0.312 e. The Labute approximate surface area is 124 Å². The molecule has 0 unspecified atom stereocenters. The first kappa shape index (κ1) is 14.8. The molecule has 0 saturated carbocycles. The highest BCUT2D eigenvalue weighted by molar-refractivity contribution is 6.30. The second kappa shape index (κ2) is 6.20. The summed E-state index contributed by atoms with van der Waals surface area (Å²) in [5, 5.41) is 19.9. The van der Waals surface area contributed by atoms with Crippen molar-refractivity contribution in [1.82, 2.24) is 0 Å². The van der Waals surface area contributed by atoms with Gasteiger partial charge in [-0.1, -0.05) is 11.6 Å². The number of nitrogens with zero attached hydrogens (tertiary/aromatic N) is 2. The molecule has 0 aromatic heterocycles. The lowest BCUT2D eigenvalue weighted by molar-refractivity contribution is -0.385. The van der Waals surface area contributed by atoms with E-state index < -0.39 is 10.7 Å². The summed E-state index contributed by atoms with van der Waals surface area (Å²) in [4.78, 5) is 10.3. The molecule has 2 aromatic carbocycles. The SMILES string of the molecule is N#Cc1cc(F)cc(COc2ccc(Cl)cc2[N+](=O)[O-])c1. The van der Waals surface area contributed by atoms with Gasteiger partial charge >= 0.3 is 5.69 Å². The van der Waals surface area contributed by atoms with Crippen LogP contribution in [-0.2, 0) is 6.61 Å². The fourth-order valence-corrected chi connectivity index (χ4v) is 1.88. The summed E-state index contributed by atoms with van der Waals surface area (Å²) < 4.78 is 18.6. The molecule has 21 heavy (non-hydrogen) atoms. The minimum Gasteiger partial charge on any atom is -0.482 e. The number of rotatable bonds is 4. The number of ether oxygens (including phenoxy) is 1. The van der Waals surface area contributed by atoms with E-state index in [2.05, 4.69) is 0 Å². The lowest BCUT2D eigenvalue weighted by atomic mass is 10.1. The zero-order chi connectivity index (χ0) is 15.4. The van der Waals surface area contributed by atoms with E-state index in [9.17, 15) is 14.5 Å². The Morgan fingerprint density at radius 1 is 1.33 bits per heavy atom. The molecular weight excluding hydrogens is 299 g/mol. The summed E-state index contributed by atoms with van der Waals surface area (Å²) in [7, 11) is 0. The molecule has 5 nitrogen and oxygen atoms in total. The molecule has 0 fully saturated rings. The van der Waals surface area contributed by atoms with Crippen molar-refractivity contribution in [2.45, 2.75) is 6.61 Å². The van der Waals surface area contributed by atoms with Gasteiger partial charge in [0, 0.05) is 11.1 Å². The Morgan fingerprint density at radius 3 is 2.76 bits per heavy atom. The van der Waals surface area contributed by atoms with Gasteiger partial charge in [0.2, 0.25) is 0 Å². The van der Waals surface area contributed by atoms with E-state index in [0.717, 1.165) is 6.07 Å². The highest BCUT2D eigenvalue weighted by atomic mass is 35.5. The van der Waals surface area contributed by atoms with Gasteiger partial charge < -0.3 is 4.74 Å². The molecule has 0 atom stereocenters. The molecular formula is C14H8ClFN2O3. The smallest absolute Gasteiger partial charge is 0.312 e. The fraction of sp³-hybridized carbons (Fsp3) is 0.0714. The van der Waals surface area contributed by atoms with Crippen LogP contribution in [0.25, 0.3) is 0 Å². The van der Waals surface area contributed by atoms with E-state index in [1.807, 2.05) is 6.07 Å². The van der Waals surface area contributed by atoms with Crippen LogP contribution in [0.2, 0.25) is 5.02 Å². The summed E-state index contributed by atoms with van der Waals surface area (Å²) in [6.45, 7) is -0.102. The molecule has 0 heterocycles. The molecule has 0 amide bonds. The van der Waals surface area contributed by atoms with Gasteiger partial charge in [-0.05, 0) is 35.9 Å². The van der Waals surface area contributed by atoms with Crippen LogP contribution in [0.3, 0.4) is 0 Å². The quantitative estimate of drug-likeness (QED) is 0.635. The fourth-order valence-electron chi connectivity index (χ4n) is 1.71. The third-order valence-corrected chi connectivity index (χ3v) is 2.83. The Morgan fingerprint density at radius 2 is 2.10 bits per heavy atom. The molecule has 7 heteroatoms. The molecule has 2 rings (SSSR count). The van der Waals surface area contributed by atoms with Gasteiger partial charge in [0.25, 0.3) is 0 Å². The number of benzene rings is 2. The van der Waals surface area contributed by atoms with E-state index in [-0.39, 0.29) is 28.6 Å². The lowest BCUT2D eigenvalue weighted by Crippen LogP contribution is -2.00. The summed E-state index contributed by atoms with van der Waals surface area (Å²) in [6.07, 6.45) is 0. The van der Waals surface area contributed by atoms with E-state index in [1.165, 1.54) is 30.3 Å². The average molecular weight is 307 g/mol. The first-order valence-electron chi connectivity index (χ1n) is 5.76. The van der Waals surface area contributed by atoms with Crippen molar-refractivity contribution in [3.8, 4) is 11.8 Å². The molecule has 106 valence electrons. The van der Waals surface area contributed by atoms with Crippen LogP contribution in [0.1, 0.15) is 11.1 Å². The van der Waals surface area contributed by atoms with Crippen LogP contribution in [-0.4, -0.2) is 4.92 Å². The van der Waals surface area contributed by atoms with Crippen LogP contribution in [0, 0.1) is 27.3 Å². The topological polar surface area (TPSA) is 76.2 Å². The maximum atomic E-state index is 13.3. The molecule has 0 N–H and O–H groups in total. The lowest BCUT2D eigenvalue weighted by Gasteiger charge is -2.07. The van der Waals surface area contributed by atoms with Gasteiger partial charge in [-0.2, -0.15) is 5.26 Å². The number of halogens is 2. The Hall–Kier alpha value is -2.65. The van der Waals surface area contributed by atoms with Crippen molar-refractivity contribution >= 4 is 17.3 Å². The van der Waals surface area contributed by atoms with Gasteiger partial charge in [0.15, 0.2) is 5.75 Å². The van der Waals surface area contributed by atoms with E-state index in [1.54, 1.807) is 0 Å². The van der Waals surface area contributed by atoms with Crippen molar-refractivity contribution in [3.05, 3.63) is 68.5 Å². The summed E-state index contributed by atoms with van der Waals surface area (Å²) in [6, 6.07) is 9.55. The number of nitro groups is 1. The largest absolute Gasteiger partial charge is 0.482 e. The van der Waals surface area contributed by atoms with Crippen LogP contribution in [0.5, 0.6) is 5.75 Å². The number of hydrogen-bond acceptors (Lipinski definition) is 4. The van der Waals surface area contributed by atoms with Gasteiger partial charge in [0.1, 0.15) is 12.4 Å². The van der Waals surface area contributed by atoms with Crippen molar-refractivity contribution in [1.29, 1.82) is 5.26 Å². The number of nitriles is 1. The second-order valence-electron chi connectivity index (χ2n) is 4.12. The summed E-state index contributed by atoms with van der Waals surface area (Å²) in [5.74, 6) is -0.551. The van der Waals surface area contributed by atoms with Crippen molar-refractivity contribution < 1.29 is 14.1 Å². The van der Waals surface area contributed by atoms with Crippen LogP contribution >= 0.6 is 11.6 Å². The minimum absolute atomic E-state index is 0.0205. The molecule has 0 spiro atoms. The van der Waals surface area contributed by atoms with Gasteiger partial charge in [-0.15, -0.1) is 0 Å². The normalized spacial score (nSPS) is 9.95. The van der Waals surface area contributed by atoms with E-state index in [0.29, 0.717) is 5.56 Å². The highest BCUT2D eigenvalue weighted by Gasteiger charge is 2.16. The predicted molar refractivity (Wildman–Crippen MR) is 73.6 cm³/mol. The third-order valence-electron chi connectivity index (χ3n) is 2.60. The molecule has 0 bridgehead atoms. The molecule has 0 aliphatic rings. The van der Waals surface area contributed by atoms with Crippen LogP contribution in [0.15, 0.2) is 36.4 Å². The molecule has 2 aromatic rings. The summed E-state index contributed by atoms with van der Waals surface area (Å²) >= 11 is 5.69. The first-order chi connectivity index (χ1) is 9.99. The monoisotopic (exact) mass is 306 g/mol. The van der Waals surface area contributed by atoms with Gasteiger partial charge in [-0.3, -0.25) is 10.1 Å². The molecule has 0 radical (unpaired) electrons. The Kier molecular flexibility index (Phi) is 4.36. The number of nitro benzene ring substituents is 1. The average Bonchev–Trinajstić information content (AvgIpc) is 2.45. The zero-order valence-electron chi connectivity index (χ0n) is 10.5. The standard InChI is InChI=1S/C14H8ClFN2O3/c15-11-1-2-14(13(6-11)18(19)20)21-8-10-3-9(7-17)4-12(16)5-10/h1-6H,8H2. The third kappa shape index (κ3) is 3.68. The van der Waals surface area contributed by atoms with Gasteiger partial charge in [0.05, 0.1) is 16.6 Å². The van der Waals surface area contributed by atoms with Crippen LogP contribution in [0.4, 0.5) is 10.1 Å². The van der Waals surface area contributed by atoms with Crippen molar-refractivity contribution in [3.63, 3.8) is 0 Å². The predicted octanol–water partition coefficient (Wildman–Crippen LogP) is 3.84. The zero-order valence-corrected chi connectivity index (χ0v) is 11.3. The molecule has 0 aliphatic heterocycles. The van der Waals surface area contributed by atoms with Crippen molar-refractivity contribution in [2.24, 2.45) is 0 Å². The molecule has 0 saturated heterocycles. The molecule has 0 aliphatic carbocycles. The second-order valence-corrected chi connectivity index (χ2v) is 4.55. The maximum absolute atomic E-state index is 13.3. The minimum atomic E-state index is -0.618. The van der Waals surface area contributed by atoms with E-state index >= 15 is 0 Å². The number of hydrogen-bond donors (Lipinski definition) is 0. The highest BCUT2D eigenvalue weighted by Crippen LogP contribution is 2.30. The Balaban J connectivity index is 2.23. The van der Waals surface area contributed by atoms with Crippen molar-refractivity contribution in [2.75, 3.05) is 0 Å². The summed E-state index contributed by atoms with van der Waals surface area (Å²) in [5.41, 5.74) is 0.273. The first-order valence-corrected chi connectivity index (χ1v) is 6.13. The Bertz CT molecular complexity index is 743. The van der Waals surface area contributed by atoms with E-state index in [4.69, 9.17) is 21.6 Å².